The number of para-hydroxylation sites is 1. The molecule has 0 saturated heterocycles. The molecule has 6 nitrogen and oxygen atoms in total. The Bertz CT molecular complexity index is 530. The summed E-state index contributed by atoms with van der Waals surface area (Å²) < 4.78 is 5.07. The molecule has 100 valence electrons. The van der Waals surface area contributed by atoms with Crippen LogP contribution in [0.1, 0.15) is 13.8 Å². The van der Waals surface area contributed by atoms with E-state index in [0.29, 0.717) is 11.9 Å². The SMILES string of the molecule is COc1nc(Nc2ccccc2)nc(NC(C)C)n1. The molecule has 2 rings (SSSR count). The normalized spacial score (nSPS) is 10.3. The molecule has 1 aromatic heterocycles. The third kappa shape index (κ3) is 3.80. The lowest BCUT2D eigenvalue weighted by Gasteiger charge is -2.11. The maximum atomic E-state index is 5.07. The molecule has 0 bridgehead atoms. The molecule has 0 aliphatic rings. The Balaban J connectivity index is 2.24. The molecule has 2 aromatic rings. The Labute approximate surface area is 112 Å². The van der Waals surface area contributed by atoms with Gasteiger partial charge in [0.1, 0.15) is 0 Å². The molecule has 0 aliphatic carbocycles. The number of methoxy groups -OCH3 is 1. The van der Waals surface area contributed by atoms with E-state index < -0.39 is 0 Å². The van der Waals surface area contributed by atoms with E-state index in [1.165, 1.54) is 7.11 Å². The molecule has 1 aromatic carbocycles. The van der Waals surface area contributed by atoms with Crippen LogP contribution in [0, 0.1) is 0 Å². The zero-order chi connectivity index (χ0) is 13.7. The first-order valence-electron chi connectivity index (χ1n) is 6.06. The summed E-state index contributed by atoms with van der Waals surface area (Å²) in [4.78, 5) is 12.6. The molecule has 0 atom stereocenters. The lowest BCUT2D eigenvalue weighted by Crippen LogP contribution is -2.14. The van der Waals surface area contributed by atoms with Crippen LogP contribution < -0.4 is 15.4 Å². The highest BCUT2D eigenvalue weighted by atomic mass is 16.5. The second-order valence-corrected chi connectivity index (χ2v) is 4.26. The van der Waals surface area contributed by atoms with Crippen molar-refractivity contribution in [1.29, 1.82) is 0 Å². The molecule has 0 spiro atoms. The molecule has 0 fully saturated rings. The average molecular weight is 259 g/mol. The van der Waals surface area contributed by atoms with Gasteiger partial charge in [-0.25, -0.2) is 0 Å². The van der Waals surface area contributed by atoms with Crippen molar-refractivity contribution in [3.63, 3.8) is 0 Å². The number of hydrogen-bond donors (Lipinski definition) is 2. The summed E-state index contributed by atoms with van der Waals surface area (Å²) in [7, 11) is 1.53. The summed E-state index contributed by atoms with van der Waals surface area (Å²) in [6, 6.07) is 10.2. The van der Waals surface area contributed by atoms with Crippen molar-refractivity contribution in [2.24, 2.45) is 0 Å². The van der Waals surface area contributed by atoms with Crippen molar-refractivity contribution in [3.8, 4) is 6.01 Å². The molecular weight excluding hydrogens is 242 g/mol. The zero-order valence-corrected chi connectivity index (χ0v) is 11.2. The average Bonchev–Trinajstić information content (AvgIpc) is 2.38. The highest BCUT2D eigenvalue weighted by Gasteiger charge is 2.07. The number of benzene rings is 1. The van der Waals surface area contributed by atoms with Crippen LogP contribution in [0.4, 0.5) is 17.6 Å². The Morgan fingerprint density at radius 3 is 2.32 bits per heavy atom. The third-order valence-electron chi connectivity index (χ3n) is 2.25. The second-order valence-electron chi connectivity index (χ2n) is 4.26. The van der Waals surface area contributed by atoms with E-state index in [0.717, 1.165) is 5.69 Å². The molecule has 0 radical (unpaired) electrons. The summed E-state index contributed by atoms with van der Waals surface area (Å²) in [5.74, 6) is 0.932. The molecule has 0 aliphatic heterocycles. The van der Waals surface area contributed by atoms with Crippen molar-refractivity contribution in [2.75, 3.05) is 17.7 Å². The Morgan fingerprint density at radius 2 is 1.68 bits per heavy atom. The lowest BCUT2D eigenvalue weighted by molar-refractivity contribution is 0.379. The van der Waals surface area contributed by atoms with Crippen LogP contribution in [0.25, 0.3) is 0 Å². The van der Waals surface area contributed by atoms with Gasteiger partial charge < -0.3 is 15.4 Å². The van der Waals surface area contributed by atoms with Crippen LogP contribution in [0.2, 0.25) is 0 Å². The summed E-state index contributed by atoms with van der Waals surface area (Å²) in [6.45, 7) is 4.03. The maximum Gasteiger partial charge on any atom is 0.322 e. The van der Waals surface area contributed by atoms with Gasteiger partial charge in [-0.05, 0) is 26.0 Å². The van der Waals surface area contributed by atoms with E-state index >= 15 is 0 Å². The minimum atomic E-state index is 0.233. The van der Waals surface area contributed by atoms with Crippen LogP contribution in [-0.2, 0) is 0 Å². The smallest absolute Gasteiger partial charge is 0.322 e. The van der Waals surface area contributed by atoms with E-state index in [-0.39, 0.29) is 12.1 Å². The summed E-state index contributed by atoms with van der Waals surface area (Å²) in [5, 5.41) is 6.23. The van der Waals surface area contributed by atoms with Crippen molar-refractivity contribution >= 4 is 17.6 Å². The highest BCUT2D eigenvalue weighted by Crippen LogP contribution is 2.16. The number of hydrogen-bond acceptors (Lipinski definition) is 6. The monoisotopic (exact) mass is 259 g/mol. The number of anilines is 3. The number of nitrogens with one attached hydrogen (secondary N) is 2. The predicted molar refractivity (Wildman–Crippen MR) is 74.9 cm³/mol. The highest BCUT2D eigenvalue weighted by molar-refractivity contribution is 5.53. The van der Waals surface area contributed by atoms with Crippen molar-refractivity contribution < 1.29 is 4.74 Å². The standard InChI is InChI=1S/C13H17N5O/c1-9(2)14-11-16-12(18-13(17-11)19-3)15-10-7-5-4-6-8-10/h4-9H,1-3H3,(H2,14,15,16,17,18). The molecule has 19 heavy (non-hydrogen) atoms. The van der Waals surface area contributed by atoms with Crippen molar-refractivity contribution in [3.05, 3.63) is 30.3 Å². The number of nitrogens with zero attached hydrogens (tertiary/aromatic N) is 3. The minimum absolute atomic E-state index is 0.233. The van der Waals surface area contributed by atoms with Crippen molar-refractivity contribution in [1.82, 2.24) is 15.0 Å². The van der Waals surface area contributed by atoms with Crippen LogP contribution in [-0.4, -0.2) is 28.1 Å². The van der Waals surface area contributed by atoms with E-state index in [9.17, 15) is 0 Å². The van der Waals surface area contributed by atoms with Crippen LogP contribution in [0.15, 0.2) is 30.3 Å². The second kappa shape index (κ2) is 5.99. The van der Waals surface area contributed by atoms with Gasteiger partial charge in [0.2, 0.25) is 11.9 Å². The van der Waals surface area contributed by atoms with E-state index in [4.69, 9.17) is 4.74 Å². The molecule has 2 N–H and O–H groups in total. The van der Waals surface area contributed by atoms with Gasteiger partial charge in [0.15, 0.2) is 0 Å². The summed E-state index contributed by atoms with van der Waals surface area (Å²) in [5.41, 5.74) is 0.909. The van der Waals surface area contributed by atoms with Crippen LogP contribution in [0.3, 0.4) is 0 Å². The van der Waals surface area contributed by atoms with E-state index in [1.54, 1.807) is 0 Å². The summed E-state index contributed by atoms with van der Waals surface area (Å²) >= 11 is 0. The van der Waals surface area contributed by atoms with Gasteiger partial charge in [-0.3, -0.25) is 0 Å². The van der Waals surface area contributed by atoms with Gasteiger partial charge >= 0.3 is 6.01 Å². The predicted octanol–water partition coefficient (Wildman–Crippen LogP) is 2.44. The molecule has 0 unspecified atom stereocenters. The molecule has 1 heterocycles. The van der Waals surface area contributed by atoms with Gasteiger partial charge in [0.05, 0.1) is 7.11 Å². The Morgan fingerprint density at radius 1 is 1.00 bits per heavy atom. The lowest BCUT2D eigenvalue weighted by atomic mass is 10.3. The van der Waals surface area contributed by atoms with Gasteiger partial charge in [-0.15, -0.1) is 0 Å². The molecule has 0 saturated carbocycles. The quantitative estimate of drug-likeness (QED) is 0.859. The topological polar surface area (TPSA) is 72.0 Å². The van der Waals surface area contributed by atoms with Crippen LogP contribution in [0.5, 0.6) is 6.01 Å². The van der Waals surface area contributed by atoms with Crippen LogP contribution >= 0.6 is 0 Å². The largest absolute Gasteiger partial charge is 0.467 e. The van der Waals surface area contributed by atoms with Gasteiger partial charge in [-0.1, -0.05) is 18.2 Å². The number of rotatable bonds is 5. The van der Waals surface area contributed by atoms with Gasteiger partial charge in [0.25, 0.3) is 0 Å². The fourth-order valence-electron chi connectivity index (χ4n) is 1.48. The number of ether oxygens (including phenoxy) is 1. The first kappa shape index (κ1) is 13.1. The first-order valence-corrected chi connectivity index (χ1v) is 6.06. The first-order chi connectivity index (χ1) is 9.17. The van der Waals surface area contributed by atoms with E-state index in [1.807, 2.05) is 44.2 Å². The van der Waals surface area contributed by atoms with Crippen molar-refractivity contribution in [2.45, 2.75) is 19.9 Å². The molecule has 0 amide bonds. The summed E-state index contributed by atoms with van der Waals surface area (Å²) in [6.07, 6.45) is 0. The number of aromatic nitrogens is 3. The maximum absolute atomic E-state index is 5.07. The molecule has 6 heteroatoms. The van der Waals surface area contributed by atoms with Gasteiger partial charge in [0, 0.05) is 11.7 Å². The zero-order valence-electron chi connectivity index (χ0n) is 11.2. The fourth-order valence-corrected chi connectivity index (χ4v) is 1.48. The van der Waals surface area contributed by atoms with Gasteiger partial charge in [-0.2, -0.15) is 15.0 Å². The fraction of sp³-hybridized carbons (Fsp3) is 0.308. The molecular formula is C13H17N5O. The Kier molecular flexibility index (Phi) is 4.12. The Hall–Kier alpha value is -2.37. The van der Waals surface area contributed by atoms with E-state index in [2.05, 4.69) is 25.6 Å². The minimum Gasteiger partial charge on any atom is -0.467 e. The third-order valence-corrected chi connectivity index (χ3v) is 2.25.